The molecule has 0 saturated heterocycles. The van der Waals surface area contributed by atoms with Crippen LogP contribution in [0.2, 0.25) is 0 Å². The number of hydrogen-bond donors (Lipinski definition) is 0. The zero-order chi connectivity index (χ0) is 20.1. The Labute approximate surface area is 186 Å². The number of hydrogen-bond acceptors (Lipinski definition) is 0. The molecule has 0 heterocycles. The van der Waals surface area contributed by atoms with Gasteiger partial charge in [0.05, 0.1) is 5.41 Å². The van der Waals surface area contributed by atoms with E-state index in [9.17, 15) is 0 Å². The molecule has 0 bridgehead atoms. The summed E-state index contributed by atoms with van der Waals surface area (Å²) in [5, 5.41) is 0. The van der Waals surface area contributed by atoms with Crippen LogP contribution in [0.5, 0.6) is 0 Å². The summed E-state index contributed by atoms with van der Waals surface area (Å²) in [6.45, 7) is 0. The predicted molar refractivity (Wildman–Crippen MR) is 124 cm³/mol. The van der Waals surface area contributed by atoms with Gasteiger partial charge in [-0.3, -0.25) is 0 Å². The van der Waals surface area contributed by atoms with E-state index in [0.717, 1.165) is 0 Å². The lowest BCUT2D eigenvalue weighted by molar-refractivity contribution is 0.636. The molecular weight excluding hydrogens is 407 g/mol. The van der Waals surface area contributed by atoms with Crippen LogP contribution in [0.1, 0.15) is 28.2 Å². The fourth-order valence-corrected chi connectivity index (χ4v) is 7.52. The van der Waals surface area contributed by atoms with Gasteiger partial charge >= 0.3 is 0 Å². The number of benzene rings is 4. The molecule has 0 amide bonds. The standard InChI is InChI=1S/C28H18Cl2/c29-28(30)26(25-21-13-3-1-9-17(21)18-10-2-4-14-22(18)25)27(28)23-15-7-5-11-19(23)20-12-6-8-16-24(20)27/h1-16,25-26H. The lowest BCUT2D eigenvalue weighted by Gasteiger charge is -2.19. The minimum Gasteiger partial charge on any atom is -0.0999 e. The van der Waals surface area contributed by atoms with Gasteiger partial charge in [0.1, 0.15) is 4.33 Å². The summed E-state index contributed by atoms with van der Waals surface area (Å²) in [5.41, 5.74) is 9.97. The van der Waals surface area contributed by atoms with Crippen LogP contribution in [-0.2, 0) is 5.41 Å². The lowest BCUT2D eigenvalue weighted by atomic mass is 9.82. The van der Waals surface area contributed by atoms with E-state index in [1.165, 1.54) is 44.5 Å². The highest BCUT2D eigenvalue weighted by Gasteiger charge is 2.81. The Hall–Kier alpha value is -2.54. The van der Waals surface area contributed by atoms with Crippen LogP contribution in [0.4, 0.5) is 0 Å². The summed E-state index contributed by atoms with van der Waals surface area (Å²) in [7, 11) is 0. The van der Waals surface area contributed by atoms with E-state index in [1.54, 1.807) is 0 Å². The third-order valence-corrected chi connectivity index (χ3v) is 8.58. The molecule has 4 aromatic carbocycles. The third kappa shape index (κ3) is 1.78. The van der Waals surface area contributed by atoms with Crippen LogP contribution < -0.4 is 0 Å². The minimum absolute atomic E-state index is 0.0722. The van der Waals surface area contributed by atoms with Crippen molar-refractivity contribution in [2.75, 3.05) is 0 Å². The number of rotatable bonds is 1. The van der Waals surface area contributed by atoms with Crippen molar-refractivity contribution in [3.63, 3.8) is 0 Å². The molecule has 2 heteroatoms. The number of fused-ring (bicyclic) bond motifs is 8. The molecule has 1 saturated carbocycles. The fraction of sp³-hybridized carbons (Fsp3) is 0.143. The molecule has 0 N–H and O–H groups in total. The molecule has 3 aliphatic carbocycles. The van der Waals surface area contributed by atoms with Crippen LogP contribution in [-0.4, -0.2) is 4.33 Å². The largest absolute Gasteiger partial charge is 0.137 e. The maximum atomic E-state index is 7.30. The highest BCUT2D eigenvalue weighted by molar-refractivity contribution is 6.53. The molecule has 3 aliphatic rings. The van der Waals surface area contributed by atoms with Gasteiger partial charge in [-0.25, -0.2) is 0 Å². The molecule has 1 spiro atoms. The van der Waals surface area contributed by atoms with Gasteiger partial charge in [0, 0.05) is 11.8 Å². The van der Waals surface area contributed by atoms with E-state index in [2.05, 4.69) is 97.1 Å². The summed E-state index contributed by atoms with van der Waals surface area (Å²) in [5.74, 6) is 0.245. The van der Waals surface area contributed by atoms with E-state index in [0.29, 0.717) is 0 Å². The van der Waals surface area contributed by atoms with E-state index >= 15 is 0 Å². The smallest absolute Gasteiger partial charge is 0.0999 e. The molecule has 0 radical (unpaired) electrons. The number of alkyl halides is 2. The highest BCUT2D eigenvalue weighted by atomic mass is 35.5. The van der Waals surface area contributed by atoms with Crippen LogP contribution in [0.25, 0.3) is 22.3 Å². The predicted octanol–water partition coefficient (Wildman–Crippen LogP) is 7.57. The van der Waals surface area contributed by atoms with Crippen molar-refractivity contribution in [3.05, 3.63) is 119 Å². The van der Waals surface area contributed by atoms with Crippen LogP contribution in [0.15, 0.2) is 97.1 Å². The van der Waals surface area contributed by atoms with Crippen molar-refractivity contribution >= 4 is 23.2 Å². The Morgan fingerprint density at radius 3 is 1.40 bits per heavy atom. The van der Waals surface area contributed by atoms with E-state index in [4.69, 9.17) is 23.2 Å². The molecule has 4 aromatic rings. The Morgan fingerprint density at radius 2 is 0.900 bits per heavy atom. The Balaban J connectivity index is 1.53. The van der Waals surface area contributed by atoms with Crippen LogP contribution >= 0.6 is 23.2 Å². The monoisotopic (exact) mass is 424 g/mol. The molecular formula is C28H18Cl2. The highest BCUT2D eigenvalue weighted by Crippen LogP contribution is 2.81. The summed E-state index contributed by atoms with van der Waals surface area (Å²) in [6.07, 6.45) is 0. The second-order valence-corrected chi connectivity index (χ2v) is 10.0. The van der Waals surface area contributed by atoms with E-state index in [1.807, 2.05) is 0 Å². The minimum atomic E-state index is -0.870. The fourth-order valence-electron chi connectivity index (χ4n) is 6.41. The van der Waals surface area contributed by atoms with Gasteiger partial charge in [-0.15, -0.1) is 0 Å². The van der Waals surface area contributed by atoms with Gasteiger partial charge in [0.2, 0.25) is 0 Å². The maximum absolute atomic E-state index is 7.30. The topological polar surface area (TPSA) is 0 Å². The van der Waals surface area contributed by atoms with Gasteiger partial charge in [-0.05, 0) is 44.5 Å². The quantitative estimate of drug-likeness (QED) is 0.276. The SMILES string of the molecule is ClC1(Cl)C(C2c3ccccc3-c3ccccc32)C12c1ccccc1-c1ccccc12. The molecule has 144 valence electrons. The van der Waals surface area contributed by atoms with Crippen molar-refractivity contribution in [2.24, 2.45) is 5.92 Å². The molecule has 1 unspecified atom stereocenters. The first-order valence-electron chi connectivity index (χ1n) is 10.4. The van der Waals surface area contributed by atoms with Gasteiger partial charge in [0.25, 0.3) is 0 Å². The zero-order valence-corrected chi connectivity index (χ0v) is 17.7. The first-order chi connectivity index (χ1) is 14.7. The summed E-state index contributed by atoms with van der Waals surface area (Å²) < 4.78 is -0.870. The van der Waals surface area contributed by atoms with Crippen molar-refractivity contribution in [3.8, 4) is 22.3 Å². The van der Waals surface area contributed by atoms with Gasteiger partial charge < -0.3 is 0 Å². The first-order valence-corrected chi connectivity index (χ1v) is 11.2. The second kappa shape index (κ2) is 5.58. The summed E-state index contributed by atoms with van der Waals surface area (Å²) >= 11 is 14.6. The molecule has 1 fully saturated rings. The van der Waals surface area contributed by atoms with E-state index in [-0.39, 0.29) is 11.8 Å². The van der Waals surface area contributed by atoms with Crippen LogP contribution in [0.3, 0.4) is 0 Å². The van der Waals surface area contributed by atoms with Crippen molar-refractivity contribution in [1.82, 2.24) is 0 Å². The third-order valence-electron chi connectivity index (χ3n) is 7.51. The average molecular weight is 425 g/mol. The lowest BCUT2D eigenvalue weighted by Crippen LogP contribution is -2.15. The Bertz CT molecular complexity index is 1260. The average Bonchev–Trinajstić information content (AvgIpc) is 3.04. The molecule has 0 aromatic heterocycles. The maximum Gasteiger partial charge on any atom is 0.137 e. The first kappa shape index (κ1) is 17.2. The molecule has 0 nitrogen and oxygen atoms in total. The Morgan fingerprint density at radius 1 is 0.500 bits per heavy atom. The molecule has 0 aliphatic heterocycles. The van der Waals surface area contributed by atoms with Crippen LogP contribution in [0, 0.1) is 5.92 Å². The summed E-state index contributed by atoms with van der Waals surface area (Å²) in [4.78, 5) is 0. The summed E-state index contributed by atoms with van der Waals surface area (Å²) in [6, 6.07) is 34.8. The molecule has 7 rings (SSSR count). The molecule has 1 atom stereocenters. The number of halogens is 2. The van der Waals surface area contributed by atoms with Gasteiger partial charge in [0.15, 0.2) is 0 Å². The van der Waals surface area contributed by atoms with Crippen molar-refractivity contribution in [2.45, 2.75) is 15.7 Å². The van der Waals surface area contributed by atoms with Gasteiger partial charge in [-0.2, -0.15) is 0 Å². The normalized spacial score (nSPS) is 21.1. The second-order valence-electron chi connectivity index (χ2n) is 8.65. The van der Waals surface area contributed by atoms with E-state index < -0.39 is 9.75 Å². The van der Waals surface area contributed by atoms with Crippen molar-refractivity contribution in [1.29, 1.82) is 0 Å². The Kier molecular flexibility index (Phi) is 3.19. The molecule has 30 heavy (non-hydrogen) atoms. The zero-order valence-electron chi connectivity index (χ0n) is 16.1. The van der Waals surface area contributed by atoms with Gasteiger partial charge in [-0.1, -0.05) is 120 Å². The van der Waals surface area contributed by atoms with Crippen molar-refractivity contribution < 1.29 is 0 Å².